The predicted octanol–water partition coefficient (Wildman–Crippen LogP) is 4.98. The van der Waals surface area contributed by atoms with E-state index in [-0.39, 0.29) is 18.8 Å². The molecule has 0 unspecified atom stereocenters. The maximum absolute atomic E-state index is 13.1. The lowest BCUT2D eigenvalue weighted by atomic mass is 9.82. The smallest absolute Gasteiger partial charge is 0.249 e. The maximum Gasteiger partial charge on any atom is 0.249 e. The van der Waals surface area contributed by atoms with Crippen LogP contribution in [0.2, 0.25) is 0 Å². The molecule has 4 rings (SSSR count). The summed E-state index contributed by atoms with van der Waals surface area (Å²) >= 11 is 1.70. The number of alkyl halides is 2. The van der Waals surface area contributed by atoms with E-state index < -0.39 is 5.92 Å². The van der Waals surface area contributed by atoms with Gasteiger partial charge in [-0.3, -0.25) is 4.90 Å². The van der Waals surface area contributed by atoms with E-state index in [0.29, 0.717) is 0 Å². The lowest BCUT2D eigenvalue weighted by molar-refractivity contribution is -0.0868. The molecule has 2 heterocycles. The average Bonchev–Trinajstić information content (AvgIpc) is 2.94. The number of fused-ring (bicyclic) bond motifs is 1. The standard InChI is InChI=1S/C18H26F2N2S/c19-18(20)10-14(11-18)17-21-15-12-22(9-7-16(15)23-17)8-6-13-4-2-1-3-5-13/h13-14H,1-12H2. The number of hydrogen-bond donors (Lipinski definition) is 0. The van der Waals surface area contributed by atoms with Gasteiger partial charge in [-0.25, -0.2) is 13.8 Å². The van der Waals surface area contributed by atoms with Crippen molar-refractivity contribution in [3.63, 3.8) is 0 Å². The van der Waals surface area contributed by atoms with Crippen LogP contribution in [0.25, 0.3) is 0 Å². The number of aromatic nitrogens is 1. The van der Waals surface area contributed by atoms with E-state index in [9.17, 15) is 8.78 Å². The molecule has 1 aromatic rings. The Balaban J connectivity index is 1.31. The molecule has 0 saturated heterocycles. The minimum absolute atomic E-state index is 0.00475. The molecule has 1 aromatic heterocycles. The molecular formula is C18H26F2N2S. The summed E-state index contributed by atoms with van der Waals surface area (Å²) in [7, 11) is 0. The molecule has 128 valence electrons. The quantitative estimate of drug-likeness (QED) is 0.768. The highest BCUT2D eigenvalue weighted by atomic mass is 32.1. The van der Waals surface area contributed by atoms with Crippen LogP contribution in [0.1, 0.15) is 72.9 Å². The van der Waals surface area contributed by atoms with E-state index in [2.05, 4.69) is 4.90 Å². The van der Waals surface area contributed by atoms with E-state index in [1.807, 2.05) is 0 Å². The summed E-state index contributed by atoms with van der Waals surface area (Å²) in [6.45, 7) is 3.22. The number of nitrogens with zero attached hydrogens (tertiary/aromatic N) is 2. The summed E-state index contributed by atoms with van der Waals surface area (Å²) in [5, 5.41) is 0.968. The van der Waals surface area contributed by atoms with Crippen molar-refractivity contribution in [2.24, 2.45) is 5.92 Å². The Morgan fingerprint density at radius 3 is 2.70 bits per heavy atom. The second-order valence-electron chi connectivity index (χ2n) is 7.70. The summed E-state index contributed by atoms with van der Waals surface area (Å²) in [5.41, 5.74) is 1.18. The third kappa shape index (κ3) is 3.60. The number of rotatable bonds is 4. The van der Waals surface area contributed by atoms with Crippen LogP contribution < -0.4 is 0 Å². The maximum atomic E-state index is 13.1. The van der Waals surface area contributed by atoms with E-state index in [1.165, 1.54) is 55.6 Å². The molecule has 23 heavy (non-hydrogen) atoms. The Bertz CT molecular complexity index is 543. The van der Waals surface area contributed by atoms with Gasteiger partial charge in [0.05, 0.1) is 10.7 Å². The van der Waals surface area contributed by atoms with Crippen molar-refractivity contribution >= 4 is 11.3 Å². The first-order valence-corrected chi connectivity index (χ1v) is 9.99. The zero-order chi connectivity index (χ0) is 15.9. The van der Waals surface area contributed by atoms with Crippen molar-refractivity contribution in [3.8, 4) is 0 Å². The summed E-state index contributed by atoms with van der Waals surface area (Å²) < 4.78 is 26.1. The van der Waals surface area contributed by atoms with E-state index in [1.54, 1.807) is 11.3 Å². The molecule has 0 aromatic carbocycles. The summed E-state index contributed by atoms with van der Waals surface area (Å²) in [6.07, 6.45) is 9.46. The number of hydrogen-bond acceptors (Lipinski definition) is 3. The van der Waals surface area contributed by atoms with Gasteiger partial charge in [-0.15, -0.1) is 11.3 Å². The van der Waals surface area contributed by atoms with Crippen molar-refractivity contribution in [2.45, 2.75) is 76.2 Å². The summed E-state index contributed by atoms with van der Waals surface area (Å²) in [5.74, 6) is -1.51. The molecule has 0 radical (unpaired) electrons. The van der Waals surface area contributed by atoms with E-state index >= 15 is 0 Å². The monoisotopic (exact) mass is 340 g/mol. The molecule has 3 aliphatic rings. The molecule has 2 saturated carbocycles. The molecular weight excluding hydrogens is 314 g/mol. The van der Waals surface area contributed by atoms with Crippen LogP contribution in [0.15, 0.2) is 0 Å². The number of halogens is 2. The second kappa shape index (κ2) is 6.40. The lowest BCUT2D eigenvalue weighted by Crippen LogP contribution is -2.33. The molecule has 2 fully saturated rings. The van der Waals surface area contributed by atoms with Gasteiger partial charge in [0.25, 0.3) is 0 Å². The van der Waals surface area contributed by atoms with Crippen LogP contribution in [-0.4, -0.2) is 28.9 Å². The highest BCUT2D eigenvalue weighted by Crippen LogP contribution is 2.49. The van der Waals surface area contributed by atoms with Crippen molar-refractivity contribution < 1.29 is 8.78 Å². The molecule has 0 atom stereocenters. The topological polar surface area (TPSA) is 16.1 Å². The highest BCUT2D eigenvalue weighted by molar-refractivity contribution is 7.11. The Hall–Kier alpha value is -0.550. The van der Waals surface area contributed by atoms with Gasteiger partial charge in [-0.1, -0.05) is 32.1 Å². The Morgan fingerprint density at radius 2 is 1.96 bits per heavy atom. The van der Waals surface area contributed by atoms with Crippen molar-refractivity contribution in [2.75, 3.05) is 13.1 Å². The van der Waals surface area contributed by atoms with E-state index in [0.717, 1.165) is 30.4 Å². The zero-order valence-electron chi connectivity index (χ0n) is 13.7. The van der Waals surface area contributed by atoms with Crippen LogP contribution in [0, 0.1) is 5.92 Å². The van der Waals surface area contributed by atoms with Gasteiger partial charge in [0.15, 0.2) is 0 Å². The van der Waals surface area contributed by atoms with Gasteiger partial charge in [0.1, 0.15) is 0 Å². The molecule has 1 aliphatic heterocycles. The molecule has 2 nitrogen and oxygen atoms in total. The van der Waals surface area contributed by atoms with Crippen LogP contribution >= 0.6 is 11.3 Å². The lowest BCUT2D eigenvalue weighted by Gasteiger charge is -2.33. The van der Waals surface area contributed by atoms with Gasteiger partial charge >= 0.3 is 0 Å². The SMILES string of the molecule is FC1(F)CC(c2nc3c(s2)CCN(CCC2CCCCC2)C3)C1. The Labute approximate surface area is 141 Å². The van der Waals surface area contributed by atoms with Gasteiger partial charge in [0.2, 0.25) is 5.92 Å². The second-order valence-corrected chi connectivity index (χ2v) is 8.82. The van der Waals surface area contributed by atoms with Crippen LogP contribution in [0.4, 0.5) is 8.78 Å². The fraction of sp³-hybridized carbons (Fsp3) is 0.833. The first-order chi connectivity index (χ1) is 11.1. The average molecular weight is 340 g/mol. The van der Waals surface area contributed by atoms with Gasteiger partial charge in [-0.2, -0.15) is 0 Å². The highest BCUT2D eigenvalue weighted by Gasteiger charge is 2.47. The van der Waals surface area contributed by atoms with Gasteiger partial charge in [-0.05, 0) is 25.3 Å². The van der Waals surface area contributed by atoms with Gasteiger partial charge in [0, 0.05) is 36.7 Å². The third-order valence-electron chi connectivity index (χ3n) is 5.84. The molecule has 0 N–H and O–H groups in total. The van der Waals surface area contributed by atoms with Crippen molar-refractivity contribution in [1.29, 1.82) is 0 Å². The van der Waals surface area contributed by atoms with Gasteiger partial charge < -0.3 is 0 Å². The van der Waals surface area contributed by atoms with Crippen molar-refractivity contribution in [3.05, 3.63) is 15.6 Å². The van der Waals surface area contributed by atoms with E-state index in [4.69, 9.17) is 4.98 Å². The predicted molar refractivity (Wildman–Crippen MR) is 89.2 cm³/mol. The largest absolute Gasteiger partial charge is 0.297 e. The Morgan fingerprint density at radius 1 is 1.17 bits per heavy atom. The zero-order valence-corrected chi connectivity index (χ0v) is 14.5. The molecule has 2 aliphatic carbocycles. The summed E-state index contributed by atoms with van der Waals surface area (Å²) in [6, 6.07) is 0. The first kappa shape index (κ1) is 15.9. The fourth-order valence-corrected chi connectivity index (χ4v) is 5.48. The van der Waals surface area contributed by atoms with Crippen LogP contribution in [0.3, 0.4) is 0 Å². The van der Waals surface area contributed by atoms with Crippen LogP contribution in [0.5, 0.6) is 0 Å². The normalized spacial score (nSPS) is 26.0. The minimum Gasteiger partial charge on any atom is -0.297 e. The molecule has 0 spiro atoms. The van der Waals surface area contributed by atoms with Crippen LogP contribution in [-0.2, 0) is 13.0 Å². The molecule has 5 heteroatoms. The summed E-state index contributed by atoms with van der Waals surface area (Å²) in [4.78, 5) is 8.60. The first-order valence-electron chi connectivity index (χ1n) is 9.18. The molecule has 0 amide bonds. The fourth-order valence-electron chi connectivity index (χ4n) is 4.31. The third-order valence-corrected chi connectivity index (χ3v) is 7.16. The van der Waals surface area contributed by atoms with Crippen molar-refractivity contribution in [1.82, 2.24) is 9.88 Å². The number of thiazole rings is 1. The minimum atomic E-state index is -2.44. The molecule has 0 bridgehead atoms. The Kier molecular flexibility index (Phi) is 4.43.